The number of amides is 1. The maximum absolute atomic E-state index is 12.1. The Bertz CT molecular complexity index is 427. The van der Waals surface area contributed by atoms with Gasteiger partial charge in [-0.1, -0.05) is 6.08 Å². The number of ether oxygens (including phenoxy) is 2. The zero-order valence-electron chi connectivity index (χ0n) is 12.5. The Hall–Kier alpha value is -1.72. The van der Waals surface area contributed by atoms with Gasteiger partial charge in [-0.05, 0) is 27.0 Å². The lowest BCUT2D eigenvalue weighted by atomic mass is 10.00. The Labute approximate surface area is 119 Å². The van der Waals surface area contributed by atoms with Crippen LogP contribution in [0.3, 0.4) is 0 Å². The maximum Gasteiger partial charge on any atom is 0.410 e. The molecule has 0 aromatic carbocycles. The molecule has 2 aliphatic rings. The summed E-state index contributed by atoms with van der Waals surface area (Å²) >= 11 is 0. The first kappa shape index (κ1) is 14.7. The SMILES string of the molecule is COC(=O)C1C=CN2CCN(C(=O)OC(C)(C)C)CC12. The first-order chi connectivity index (χ1) is 9.31. The topological polar surface area (TPSA) is 59.1 Å². The van der Waals surface area contributed by atoms with E-state index < -0.39 is 5.60 Å². The van der Waals surface area contributed by atoms with Crippen molar-refractivity contribution in [2.24, 2.45) is 5.92 Å². The van der Waals surface area contributed by atoms with Crippen molar-refractivity contribution in [3.8, 4) is 0 Å². The van der Waals surface area contributed by atoms with E-state index in [4.69, 9.17) is 9.47 Å². The van der Waals surface area contributed by atoms with E-state index in [9.17, 15) is 9.59 Å². The number of fused-ring (bicyclic) bond motifs is 1. The highest BCUT2D eigenvalue weighted by Gasteiger charge is 2.40. The summed E-state index contributed by atoms with van der Waals surface area (Å²) in [7, 11) is 1.38. The van der Waals surface area contributed by atoms with Crippen molar-refractivity contribution < 1.29 is 19.1 Å². The van der Waals surface area contributed by atoms with Crippen molar-refractivity contribution in [1.29, 1.82) is 0 Å². The largest absolute Gasteiger partial charge is 0.469 e. The molecule has 2 atom stereocenters. The Balaban J connectivity index is 2.01. The number of methoxy groups -OCH3 is 1. The zero-order chi connectivity index (χ0) is 14.9. The number of hydrogen-bond donors (Lipinski definition) is 0. The molecule has 2 heterocycles. The fourth-order valence-corrected chi connectivity index (χ4v) is 2.52. The highest BCUT2D eigenvalue weighted by Crippen LogP contribution is 2.27. The predicted molar refractivity (Wildman–Crippen MR) is 72.9 cm³/mol. The molecule has 1 amide bonds. The second kappa shape index (κ2) is 5.34. The molecule has 0 spiro atoms. The van der Waals surface area contributed by atoms with Gasteiger partial charge < -0.3 is 19.3 Å². The molecular formula is C14H22N2O4. The lowest BCUT2D eigenvalue weighted by molar-refractivity contribution is -0.145. The molecule has 6 nitrogen and oxygen atoms in total. The van der Waals surface area contributed by atoms with E-state index in [2.05, 4.69) is 4.90 Å². The van der Waals surface area contributed by atoms with E-state index in [-0.39, 0.29) is 24.0 Å². The summed E-state index contributed by atoms with van der Waals surface area (Å²) in [5.41, 5.74) is -0.510. The summed E-state index contributed by atoms with van der Waals surface area (Å²) in [6.07, 6.45) is 3.43. The number of nitrogens with zero attached hydrogens (tertiary/aromatic N) is 2. The average Bonchev–Trinajstić information content (AvgIpc) is 2.78. The lowest BCUT2D eigenvalue weighted by Gasteiger charge is -2.40. The Morgan fingerprint density at radius 2 is 1.95 bits per heavy atom. The van der Waals surface area contributed by atoms with Gasteiger partial charge in [-0.3, -0.25) is 4.79 Å². The van der Waals surface area contributed by atoms with Crippen LogP contribution in [0.4, 0.5) is 4.79 Å². The summed E-state index contributed by atoms with van der Waals surface area (Å²) in [4.78, 5) is 27.6. The second-order valence-corrected chi connectivity index (χ2v) is 6.12. The molecule has 2 aliphatic heterocycles. The van der Waals surface area contributed by atoms with Crippen LogP contribution in [0.2, 0.25) is 0 Å². The number of carbonyl (C=O) groups excluding carboxylic acids is 2. The quantitative estimate of drug-likeness (QED) is 0.677. The Morgan fingerprint density at radius 1 is 1.25 bits per heavy atom. The Kier molecular flexibility index (Phi) is 3.92. The fourth-order valence-electron chi connectivity index (χ4n) is 2.52. The molecule has 6 heteroatoms. The van der Waals surface area contributed by atoms with E-state index in [1.165, 1.54) is 7.11 Å². The first-order valence-electron chi connectivity index (χ1n) is 6.81. The molecule has 20 heavy (non-hydrogen) atoms. The third kappa shape index (κ3) is 3.05. The molecule has 112 valence electrons. The second-order valence-electron chi connectivity index (χ2n) is 6.12. The van der Waals surface area contributed by atoms with Crippen LogP contribution in [-0.4, -0.2) is 60.2 Å². The summed E-state index contributed by atoms with van der Waals surface area (Å²) in [6.45, 7) is 7.31. The molecule has 2 unspecified atom stereocenters. The third-order valence-electron chi connectivity index (χ3n) is 3.49. The summed E-state index contributed by atoms with van der Waals surface area (Å²) in [6, 6.07) is -0.0521. The van der Waals surface area contributed by atoms with Crippen LogP contribution < -0.4 is 0 Å². The van der Waals surface area contributed by atoms with E-state index in [0.29, 0.717) is 19.6 Å². The van der Waals surface area contributed by atoms with Crippen LogP contribution in [0.5, 0.6) is 0 Å². The van der Waals surface area contributed by atoms with Crippen LogP contribution in [0, 0.1) is 5.92 Å². The van der Waals surface area contributed by atoms with Crippen molar-refractivity contribution in [3.63, 3.8) is 0 Å². The number of carbonyl (C=O) groups is 2. The number of hydrogen-bond acceptors (Lipinski definition) is 5. The predicted octanol–water partition coefficient (Wildman–Crippen LogP) is 1.22. The number of piperazine rings is 1. The third-order valence-corrected chi connectivity index (χ3v) is 3.49. The van der Waals surface area contributed by atoms with Gasteiger partial charge in [-0.25, -0.2) is 4.79 Å². The molecular weight excluding hydrogens is 260 g/mol. The van der Waals surface area contributed by atoms with E-state index in [1.807, 2.05) is 33.0 Å². The van der Waals surface area contributed by atoms with Crippen molar-refractivity contribution in [2.45, 2.75) is 32.4 Å². The van der Waals surface area contributed by atoms with E-state index in [1.54, 1.807) is 4.90 Å². The van der Waals surface area contributed by atoms with Crippen LogP contribution in [-0.2, 0) is 14.3 Å². The molecule has 0 aromatic rings. The van der Waals surface area contributed by atoms with Gasteiger partial charge in [0.05, 0.1) is 19.1 Å². The van der Waals surface area contributed by atoms with Gasteiger partial charge in [0.1, 0.15) is 5.60 Å². The van der Waals surface area contributed by atoms with Gasteiger partial charge in [-0.15, -0.1) is 0 Å². The van der Waals surface area contributed by atoms with Crippen LogP contribution in [0.1, 0.15) is 20.8 Å². The maximum atomic E-state index is 12.1. The molecule has 0 saturated carbocycles. The van der Waals surface area contributed by atoms with Gasteiger partial charge in [0, 0.05) is 19.6 Å². The lowest BCUT2D eigenvalue weighted by Crippen LogP contribution is -2.55. The van der Waals surface area contributed by atoms with Crippen molar-refractivity contribution in [1.82, 2.24) is 9.80 Å². The van der Waals surface area contributed by atoms with Crippen LogP contribution in [0.15, 0.2) is 12.3 Å². The summed E-state index contributed by atoms with van der Waals surface area (Å²) in [5, 5.41) is 0. The molecule has 0 radical (unpaired) electrons. The van der Waals surface area contributed by atoms with Crippen molar-refractivity contribution in [3.05, 3.63) is 12.3 Å². The minimum atomic E-state index is -0.510. The van der Waals surface area contributed by atoms with Crippen molar-refractivity contribution in [2.75, 3.05) is 26.7 Å². The normalized spacial score (nSPS) is 25.4. The van der Waals surface area contributed by atoms with E-state index >= 15 is 0 Å². The molecule has 2 rings (SSSR count). The van der Waals surface area contributed by atoms with Gasteiger partial charge in [0.15, 0.2) is 0 Å². The summed E-state index contributed by atoms with van der Waals surface area (Å²) < 4.78 is 10.2. The minimum Gasteiger partial charge on any atom is -0.469 e. The molecule has 1 saturated heterocycles. The first-order valence-corrected chi connectivity index (χ1v) is 6.81. The highest BCUT2D eigenvalue weighted by atomic mass is 16.6. The molecule has 0 bridgehead atoms. The van der Waals surface area contributed by atoms with Gasteiger partial charge in [0.2, 0.25) is 0 Å². The zero-order valence-corrected chi connectivity index (χ0v) is 12.5. The van der Waals surface area contributed by atoms with Crippen LogP contribution >= 0.6 is 0 Å². The molecule has 0 aliphatic carbocycles. The summed E-state index contributed by atoms with van der Waals surface area (Å²) in [5.74, 6) is -0.579. The molecule has 1 fully saturated rings. The molecule has 0 N–H and O–H groups in total. The number of rotatable bonds is 1. The molecule has 0 aromatic heterocycles. The van der Waals surface area contributed by atoms with Crippen molar-refractivity contribution >= 4 is 12.1 Å². The average molecular weight is 282 g/mol. The number of esters is 1. The fraction of sp³-hybridized carbons (Fsp3) is 0.714. The van der Waals surface area contributed by atoms with E-state index in [0.717, 1.165) is 0 Å². The minimum absolute atomic E-state index is 0.0521. The smallest absolute Gasteiger partial charge is 0.410 e. The highest BCUT2D eigenvalue weighted by molar-refractivity contribution is 5.76. The van der Waals surface area contributed by atoms with Gasteiger partial charge in [-0.2, -0.15) is 0 Å². The standard InChI is InChI=1S/C14H22N2O4/c1-14(2,3)20-13(18)16-8-7-15-6-5-10(11(15)9-16)12(17)19-4/h5-6,10-11H,7-9H2,1-4H3. The Morgan fingerprint density at radius 3 is 2.55 bits per heavy atom. The van der Waals surface area contributed by atoms with Gasteiger partial charge in [0.25, 0.3) is 0 Å². The van der Waals surface area contributed by atoms with Crippen LogP contribution in [0.25, 0.3) is 0 Å². The monoisotopic (exact) mass is 282 g/mol. The van der Waals surface area contributed by atoms with Gasteiger partial charge >= 0.3 is 12.1 Å².